The Kier molecular flexibility index (Phi) is 5.58. The van der Waals surface area contributed by atoms with Gasteiger partial charge in [0, 0.05) is 34.9 Å². The maximum atomic E-state index is 12.2. The first kappa shape index (κ1) is 16.2. The van der Waals surface area contributed by atoms with Crippen LogP contribution in [0.3, 0.4) is 0 Å². The Bertz CT molecular complexity index is 528. The molecule has 118 valence electrons. The van der Waals surface area contributed by atoms with Gasteiger partial charge in [-0.25, -0.2) is 4.98 Å². The molecule has 0 spiro atoms. The number of carbonyl (C=O) groups is 1. The minimum atomic E-state index is -0.843. The smallest absolute Gasteiger partial charge is 0.265 e. The van der Waals surface area contributed by atoms with Crippen LogP contribution in [-0.4, -0.2) is 39.2 Å². The highest BCUT2D eigenvalue weighted by molar-refractivity contribution is 7.84. The number of nitrogens with one attached hydrogen (secondary N) is 2. The van der Waals surface area contributed by atoms with Crippen molar-refractivity contribution in [3.8, 4) is 0 Å². The van der Waals surface area contributed by atoms with Crippen LogP contribution in [0.25, 0.3) is 0 Å². The number of aromatic nitrogens is 1. The minimum Gasteiger partial charge on any atom is -0.382 e. The summed E-state index contributed by atoms with van der Waals surface area (Å²) in [6.45, 7) is 1.90. The van der Waals surface area contributed by atoms with Gasteiger partial charge in [0.25, 0.3) is 5.91 Å². The highest BCUT2D eigenvalue weighted by Crippen LogP contribution is 2.29. The second kappa shape index (κ2) is 7.22. The zero-order valence-corrected chi connectivity index (χ0v) is 14.0. The highest BCUT2D eigenvalue weighted by atomic mass is 32.2. The van der Waals surface area contributed by atoms with Crippen molar-refractivity contribution in [2.75, 3.05) is 23.1 Å². The molecule has 2 atom stereocenters. The average molecular weight is 330 g/mol. The number of thiazole rings is 1. The number of nitrogen functional groups attached to an aromatic ring is 1. The molecular weight excluding hydrogens is 308 g/mol. The molecule has 0 saturated heterocycles. The summed E-state index contributed by atoms with van der Waals surface area (Å²) in [7, 11) is -0.843. The number of rotatable bonds is 7. The monoisotopic (exact) mass is 330 g/mol. The number of amides is 1. The van der Waals surface area contributed by atoms with Crippen LogP contribution in [0.15, 0.2) is 0 Å². The van der Waals surface area contributed by atoms with Gasteiger partial charge in [-0.05, 0) is 32.6 Å². The fraction of sp³-hybridized carbons (Fsp3) is 0.692. The molecule has 0 aromatic carbocycles. The second-order valence-corrected chi connectivity index (χ2v) is 8.00. The fourth-order valence-corrected chi connectivity index (χ4v) is 3.54. The van der Waals surface area contributed by atoms with Gasteiger partial charge in [-0.1, -0.05) is 11.3 Å². The Morgan fingerprint density at radius 2 is 2.29 bits per heavy atom. The van der Waals surface area contributed by atoms with Crippen molar-refractivity contribution in [3.63, 3.8) is 0 Å². The quantitative estimate of drug-likeness (QED) is 0.705. The van der Waals surface area contributed by atoms with Gasteiger partial charge < -0.3 is 16.4 Å². The van der Waals surface area contributed by atoms with Crippen LogP contribution in [0.2, 0.25) is 0 Å². The van der Waals surface area contributed by atoms with Crippen molar-refractivity contribution in [2.45, 2.75) is 44.7 Å². The standard InChI is InChI=1S/C13H22N4O2S2/c1-8(6-7-21(2)19)15-12(18)10-11(14)17-13(20-10)16-9-4-3-5-9/h8-9H,3-7,14H2,1-2H3,(H,15,18)(H,16,17). The molecule has 1 saturated carbocycles. The molecule has 1 heterocycles. The number of nitrogens with zero attached hydrogens (tertiary/aromatic N) is 1. The number of carbonyl (C=O) groups excluding carboxylic acids is 1. The predicted octanol–water partition coefficient (Wildman–Crippen LogP) is 1.58. The van der Waals surface area contributed by atoms with Gasteiger partial charge in [-0.2, -0.15) is 0 Å². The molecule has 0 radical (unpaired) electrons. The van der Waals surface area contributed by atoms with E-state index >= 15 is 0 Å². The molecule has 1 aromatic rings. The average Bonchev–Trinajstić information content (AvgIpc) is 2.72. The molecule has 0 bridgehead atoms. The first-order valence-corrected chi connectivity index (χ1v) is 9.63. The van der Waals surface area contributed by atoms with Crippen LogP contribution in [0.5, 0.6) is 0 Å². The third kappa shape index (κ3) is 4.67. The summed E-state index contributed by atoms with van der Waals surface area (Å²) in [5, 5.41) is 6.88. The SMILES string of the molecule is CC(CCS(C)=O)NC(=O)c1sc(NC2CCC2)nc1N. The number of nitrogens with two attached hydrogens (primary N) is 1. The van der Waals surface area contributed by atoms with Crippen LogP contribution in [-0.2, 0) is 10.8 Å². The first-order valence-electron chi connectivity index (χ1n) is 7.09. The molecule has 2 unspecified atom stereocenters. The summed E-state index contributed by atoms with van der Waals surface area (Å²) in [5.41, 5.74) is 5.83. The molecule has 4 N–H and O–H groups in total. The Morgan fingerprint density at radius 3 is 2.86 bits per heavy atom. The van der Waals surface area contributed by atoms with Crippen LogP contribution in [0, 0.1) is 0 Å². The lowest BCUT2D eigenvalue weighted by atomic mass is 9.93. The summed E-state index contributed by atoms with van der Waals surface area (Å²) in [6, 6.07) is 0.427. The highest BCUT2D eigenvalue weighted by Gasteiger charge is 2.22. The van der Waals surface area contributed by atoms with E-state index in [0.717, 1.165) is 12.8 Å². The summed E-state index contributed by atoms with van der Waals surface area (Å²) >= 11 is 1.29. The maximum absolute atomic E-state index is 12.2. The second-order valence-electron chi connectivity index (χ2n) is 5.45. The third-order valence-electron chi connectivity index (χ3n) is 3.51. The van der Waals surface area contributed by atoms with Crippen LogP contribution < -0.4 is 16.4 Å². The molecule has 1 aliphatic carbocycles. The topological polar surface area (TPSA) is 97.1 Å². The fourth-order valence-electron chi connectivity index (χ4n) is 1.99. The van der Waals surface area contributed by atoms with Gasteiger partial charge in [-0.3, -0.25) is 9.00 Å². The molecule has 2 rings (SSSR count). The Labute approximate surface area is 131 Å². The third-order valence-corrected chi connectivity index (χ3v) is 5.32. The van der Waals surface area contributed by atoms with E-state index < -0.39 is 10.8 Å². The molecule has 6 nitrogen and oxygen atoms in total. The van der Waals surface area contributed by atoms with Gasteiger partial charge in [0.1, 0.15) is 10.7 Å². The van der Waals surface area contributed by atoms with Crippen molar-refractivity contribution in [1.82, 2.24) is 10.3 Å². The largest absolute Gasteiger partial charge is 0.382 e. The van der Waals surface area contributed by atoms with Crippen molar-refractivity contribution in [1.29, 1.82) is 0 Å². The van der Waals surface area contributed by atoms with E-state index in [-0.39, 0.29) is 17.8 Å². The summed E-state index contributed by atoms with van der Waals surface area (Å²) in [5.74, 6) is 0.639. The number of hydrogen-bond acceptors (Lipinski definition) is 6. The van der Waals surface area contributed by atoms with Crippen molar-refractivity contribution in [3.05, 3.63) is 4.88 Å². The molecule has 21 heavy (non-hydrogen) atoms. The molecule has 1 aliphatic rings. The molecular formula is C13H22N4O2S2. The molecule has 0 aliphatic heterocycles. The number of hydrogen-bond donors (Lipinski definition) is 3. The van der Waals surface area contributed by atoms with E-state index in [0.29, 0.717) is 28.2 Å². The summed E-state index contributed by atoms with van der Waals surface area (Å²) < 4.78 is 11.1. The van der Waals surface area contributed by atoms with Gasteiger partial charge in [0.2, 0.25) is 0 Å². The van der Waals surface area contributed by atoms with E-state index in [1.54, 1.807) is 6.26 Å². The lowest BCUT2D eigenvalue weighted by Crippen LogP contribution is -2.33. The lowest BCUT2D eigenvalue weighted by molar-refractivity contribution is 0.0944. The van der Waals surface area contributed by atoms with E-state index in [9.17, 15) is 9.00 Å². The number of anilines is 2. The lowest BCUT2D eigenvalue weighted by Gasteiger charge is -2.25. The minimum absolute atomic E-state index is 0.0362. The summed E-state index contributed by atoms with van der Waals surface area (Å²) in [6.07, 6.45) is 5.87. The van der Waals surface area contributed by atoms with E-state index in [2.05, 4.69) is 15.6 Å². The Morgan fingerprint density at radius 1 is 1.57 bits per heavy atom. The van der Waals surface area contributed by atoms with Gasteiger partial charge in [0.05, 0.1) is 0 Å². The van der Waals surface area contributed by atoms with Gasteiger partial charge in [0.15, 0.2) is 5.13 Å². The van der Waals surface area contributed by atoms with Crippen molar-refractivity contribution < 1.29 is 9.00 Å². The van der Waals surface area contributed by atoms with E-state index in [1.807, 2.05) is 6.92 Å². The molecule has 1 aromatic heterocycles. The predicted molar refractivity (Wildman–Crippen MR) is 88.3 cm³/mol. The first-order chi connectivity index (χ1) is 9.95. The van der Waals surface area contributed by atoms with Crippen LogP contribution in [0.4, 0.5) is 10.9 Å². The maximum Gasteiger partial charge on any atom is 0.265 e. The molecule has 1 fully saturated rings. The zero-order valence-electron chi connectivity index (χ0n) is 12.3. The van der Waals surface area contributed by atoms with Gasteiger partial charge in [-0.15, -0.1) is 0 Å². The van der Waals surface area contributed by atoms with E-state index in [4.69, 9.17) is 5.73 Å². The zero-order chi connectivity index (χ0) is 15.4. The molecule has 1 amide bonds. The van der Waals surface area contributed by atoms with E-state index in [1.165, 1.54) is 17.8 Å². The summed E-state index contributed by atoms with van der Waals surface area (Å²) in [4.78, 5) is 16.8. The van der Waals surface area contributed by atoms with Gasteiger partial charge >= 0.3 is 0 Å². The Balaban J connectivity index is 1.90. The molecule has 8 heteroatoms. The Hall–Kier alpha value is -1.15. The van der Waals surface area contributed by atoms with Crippen LogP contribution in [0.1, 0.15) is 42.3 Å². The van der Waals surface area contributed by atoms with Crippen molar-refractivity contribution in [2.24, 2.45) is 0 Å². The van der Waals surface area contributed by atoms with Crippen molar-refractivity contribution >= 4 is 39.0 Å². The van der Waals surface area contributed by atoms with Crippen LogP contribution >= 0.6 is 11.3 Å². The normalized spacial score (nSPS) is 17.8.